The summed E-state index contributed by atoms with van der Waals surface area (Å²) < 4.78 is 5.97. The van der Waals surface area contributed by atoms with Crippen molar-refractivity contribution in [3.05, 3.63) is 90.5 Å². The van der Waals surface area contributed by atoms with E-state index in [0.29, 0.717) is 17.4 Å². The van der Waals surface area contributed by atoms with Crippen LogP contribution >= 0.6 is 0 Å². The molecule has 0 aliphatic carbocycles. The van der Waals surface area contributed by atoms with Gasteiger partial charge in [-0.25, -0.2) is 0 Å². The van der Waals surface area contributed by atoms with Crippen LogP contribution in [0.3, 0.4) is 0 Å². The van der Waals surface area contributed by atoms with E-state index in [4.69, 9.17) is 4.42 Å². The fourth-order valence-corrected chi connectivity index (χ4v) is 4.26. The van der Waals surface area contributed by atoms with Crippen molar-refractivity contribution in [1.29, 1.82) is 0 Å². The number of benzene rings is 2. The molecule has 2 aromatic carbocycles. The molecule has 0 bridgehead atoms. The Morgan fingerprint density at radius 1 is 0.788 bits per heavy atom. The van der Waals surface area contributed by atoms with Crippen LogP contribution in [0.25, 0.3) is 32.8 Å². The predicted octanol–water partition coefficient (Wildman–Crippen LogP) is 5.78. The molecule has 1 N–H and O–H groups in total. The van der Waals surface area contributed by atoms with E-state index in [2.05, 4.69) is 50.4 Å². The van der Waals surface area contributed by atoms with Crippen molar-refractivity contribution in [1.82, 2.24) is 25.1 Å². The van der Waals surface area contributed by atoms with Crippen LogP contribution in [-0.4, -0.2) is 25.1 Å². The van der Waals surface area contributed by atoms with E-state index in [-0.39, 0.29) is 5.41 Å². The van der Waals surface area contributed by atoms with Crippen molar-refractivity contribution in [2.45, 2.75) is 19.3 Å². The van der Waals surface area contributed by atoms with E-state index in [0.717, 1.165) is 38.4 Å². The highest BCUT2D eigenvalue weighted by Crippen LogP contribution is 2.36. The lowest BCUT2D eigenvalue weighted by molar-refractivity contribution is 0.609. The molecule has 7 heteroatoms. The van der Waals surface area contributed by atoms with Crippen LogP contribution in [0.15, 0.2) is 83.7 Å². The molecule has 6 rings (SSSR count). The first-order valence-corrected chi connectivity index (χ1v) is 10.7. The van der Waals surface area contributed by atoms with Gasteiger partial charge in [0.05, 0.1) is 11.2 Å². The monoisotopic (exact) mass is 432 g/mol. The third kappa shape index (κ3) is 3.17. The zero-order valence-electron chi connectivity index (χ0n) is 18.1. The zero-order valence-corrected chi connectivity index (χ0v) is 18.1. The Morgan fingerprint density at radius 3 is 2.42 bits per heavy atom. The van der Waals surface area contributed by atoms with E-state index in [1.165, 1.54) is 0 Å². The van der Waals surface area contributed by atoms with Crippen LogP contribution in [0.2, 0.25) is 0 Å². The molecule has 33 heavy (non-hydrogen) atoms. The van der Waals surface area contributed by atoms with Crippen LogP contribution in [0.1, 0.15) is 25.1 Å². The molecule has 0 radical (unpaired) electrons. The number of hydrogen-bond donors (Lipinski definition) is 1. The Labute approximate surface area is 189 Å². The molecule has 0 spiro atoms. The number of oxazole rings is 1. The summed E-state index contributed by atoms with van der Waals surface area (Å²) in [6.07, 6.45) is 5.37. The first-order chi connectivity index (χ1) is 16.1. The number of hydrogen-bond acceptors (Lipinski definition) is 7. The van der Waals surface area contributed by atoms with Gasteiger partial charge in [0.2, 0.25) is 0 Å². The molecular formula is C26H20N6O. The van der Waals surface area contributed by atoms with Crippen molar-refractivity contribution in [3.8, 4) is 0 Å². The maximum absolute atomic E-state index is 5.97. The third-order valence-corrected chi connectivity index (χ3v) is 6.05. The minimum absolute atomic E-state index is 0.350. The summed E-state index contributed by atoms with van der Waals surface area (Å²) in [6.45, 7) is 4.29. The first kappa shape index (κ1) is 19.3. The summed E-state index contributed by atoms with van der Waals surface area (Å²) in [5.41, 5.74) is 3.98. The van der Waals surface area contributed by atoms with Gasteiger partial charge in [0.25, 0.3) is 0 Å². The largest absolute Gasteiger partial charge is 0.423 e. The smallest absolute Gasteiger partial charge is 0.301 e. The van der Waals surface area contributed by atoms with Gasteiger partial charge < -0.3 is 4.42 Å². The number of nitrogens with zero attached hydrogens (tertiary/aromatic N) is 5. The minimum Gasteiger partial charge on any atom is -0.423 e. The summed E-state index contributed by atoms with van der Waals surface area (Å²) in [4.78, 5) is 13.2. The Balaban J connectivity index is 1.46. The Kier molecular flexibility index (Phi) is 4.29. The zero-order chi connectivity index (χ0) is 22.4. The van der Waals surface area contributed by atoms with Crippen molar-refractivity contribution in [3.63, 3.8) is 0 Å². The van der Waals surface area contributed by atoms with Crippen molar-refractivity contribution in [2.24, 2.45) is 0 Å². The second-order valence-electron chi connectivity index (χ2n) is 8.43. The molecule has 160 valence electrons. The van der Waals surface area contributed by atoms with Gasteiger partial charge in [-0.3, -0.25) is 15.3 Å². The highest BCUT2D eigenvalue weighted by molar-refractivity contribution is 6.02. The van der Waals surface area contributed by atoms with Crippen molar-refractivity contribution in [2.75, 3.05) is 5.32 Å². The molecule has 7 nitrogen and oxygen atoms in total. The van der Waals surface area contributed by atoms with E-state index in [1.54, 1.807) is 18.6 Å². The van der Waals surface area contributed by atoms with Gasteiger partial charge in [-0.2, -0.15) is 10.1 Å². The fraction of sp³-hybridized carbons (Fsp3) is 0.115. The van der Waals surface area contributed by atoms with Crippen LogP contribution in [0.4, 0.5) is 11.8 Å². The highest BCUT2D eigenvalue weighted by Gasteiger charge is 2.28. The summed E-state index contributed by atoms with van der Waals surface area (Å²) >= 11 is 0. The highest BCUT2D eigenvalue weighted by atomic mass is 16.4. The Morgan fingerprint density at radius 2 is 1.58 bits per heavy atom. The number of aromatic nitrogens is 5. The summed E-state index contributed by atoms with van der Waals surface area (Å²) in [5, 5.41) is 15.3. The number of rotatable bonds is 4. The maximum atomic E-state index is 5.97. The van der Waals surface area contributed by atoms with E-state index in [1.807, 2.05) is 54.6 Å². The van der Waals surface area contributed by atoms with Gasteiger partial charge in [0.1, 0.15) is 5.52 Å². The third-order valence-electron chi connectivity index (χ3n) is 6.05. The molecule has 0 aliphatic rings. The maximum Gasteiger partial charge on any atom is 0.301 e. The molecule has 0 aliphatic heterocycles. The molecule has 4 aromatic heterocycles. The molecule has 0 unspecified atom stereocenters. The second-order valence-corrected chi connectivity index (χ2v) is 8.43. The van der Waals surface area contributed by atoms with Gasteiger partial charge in [-0.1, -0.05) is 38.1 Å². The molecule has 4 heterocycles. The van der Waals surface area contributed by atoms with Crippen LogP contribution in [0, 0.1) is 0 Å². The molecule has 0 fully saturated rings. The summed E-state index contributed by atoms with van der Waals surface area (Å²) in [7, 11) is 0. The molecule has 0 saturated carbocycles. The second kappa shape index (κ2) is 7.34. The minimum atomic E-state index is -0.350. The molecule has 6 aromatic rings. The lowest BCUT2D eigenvalue weighted by atomic mass is 9.80. The fourth-order valence-electron chi connectivity index (χ4n) is 4.26. The van der Waals surface area contributed by atoms with Gasteiger partial charge in [-0.15, -0.1) is 5.10 Å². The lowest BCUT2D eigenvalue weighted by Gasteiger charge is -2.25. The molecule has 0 saturated heterocycles. The lowest BCUT2D eigenvalue weighted by Crippen LogP contribution is -2.22. The Hall–Kier alpha value is -4.39. The van der Waals surface area contributed by atoms with Crippen LogP contribution < -0.4 is 5.32 Å². The van der Waals surface area contributed by atoms with Crippen molar-refractivity contribution >= 4 is 44.6 Å². The first-order valence-electron chi connectivity index (χ1n) is 10.7. The normalized spacial score (nSPS) is 11.9. The van der Waals surface area contributed by atoms with Gasteiger partial charge >= 0.3 is 6.01 Å². The quantitative estimate of drug-likeness (QED) is 0.377. The predicted molar refractivity (Wildman–Crippen MR) is 128 cm³/mol. The SMILES string of the molecule is CC(C)(c1ccncc1)c1nnc(Nc2nc3c(ccc4ncccc43)o2)c2ccccc12. The number of anilines is 2. The summed E-state index contributed by atoms with van der Waals surface area (Å²) in [6, 6.07) is 20.2. The topological polar surface area (TPSA) is 89.6 Å². The average Bonchev–Trinajstić information content (AvgIpc) is 3.28. The molecular weight excluding hydrogens is 412 g/mol. The van der Waals surface area contributed by atoms with Crippen LogP contribution in [-0.2, 0) is 5.41 Å². The molecule has 0 amide bonds. The summed E-state index contributed by atoms with van der Waals surface area (Å²) in [5.74, 6) is 0.592. The van der Waals surface area contributed by atoms with E-state index >= 15 is 0 Å². The molecule has 0 atom stereocenters. The van der Waals surface area contributed by atoms with Gasteiger partial charge in [-0.05, 0) is 42.0 Å². The van der Waals surface area contributed by atoms with E-state index in [9.17, 15) is 0 Å². The van der Waals surface area contributed by atoms with Gasteiger partial charge in [0.15, 0.2) is 11.4 Å². The Bertz CT molecular complexity index is 1620. The number of fused-ring (bicyclic) bond motifs is 4. The number of nitrogens with one attached hydrogen (secondary N) is 1. The van der Waals surface area contributed by atoms with Crippen molar-refractivity contribution < 1.29 is 4.42 Å². The van der Waals surface area contributed by atoms with Gasteiger partial charge in [0, 0.05) is 40.2 Å². The standard InChI is InChI=1S/C26H20N6O/c1-26(2,16-11-14-27-15-12-16)23-17-6-3-4-7-18(17)24(32-31-23)30-25-29-22-19-8-5-13-28-20(19)9-10-21(22)33-25/h3-15H,1-2H3,(H,29,30,32). The number of pyridine rings is 2. The van der Waals surface area contributed by atoms with E-state index < -0.39 is 0 Å². The van der Waals surface area contributed by atoms with Crippen LogP contribution in [0.5, 0.6) is 0 Å². The average molecular weight is 432 g/mol.